The fraction of sp³-hybridized carbons (Fsp3) is 0.737. The van der Waals surface area contributed by atoms with Crippen molar-refractivity contribution in [3.05, 3.63) is 47.0 Å². The molecule has 246 valence electrons. The molecule has 2 N–H and O–H groups in total. The number of likely N-dealkylation sites (tertiary alicyclic amines) is 1. The van der Waals surface area contributed by atoms with Gasteiger partial charge in [-0.15, -0.1) is 0 Å². The summed E-state index contributed by atoms with van der Waals surface area (Å²) >= 11 is 0. The molecule has 7 rings (SSSR count). The van der Waals surface area contributed by atoms with Crippen molar-refractivity contribution in [2.45, 2.75) is 122 Å². The van der Waals surface area contributed by atoms with Crippen LogP contribution in [0.5, 0.6) is 0 Å². The summed E-state index contributed by atoms with van der Waals surface area (Å²) in [5.74, 6) is 3.08. The predicted octanol–water partition coefficient (Wildman–Crippen LogP) is 7.03. The number of ether oxygens (including phenoxy) is 3. The van der Waals surface area contributed by atoms with Gasteiger partial charge in [-0.05, 0) is 112 Å². The fourth-order valence-electron chi connectivity index (χ4n) is 11.4. The van der Waals surface area contributed by atoms with Crippen LogP contribution in [0.4, 0.5) is 4.79 Å². The summed E-state index contributed by atoms with van der Waals surface area (Å²) in [6.07, 6.45) is 10.9. The zero-order valence-electron chi connectivity index (χ0n) is 27.8. The summed E-state index contributed by atoms with van der Waals surface area (Å²) in [5, 5.41) is 0. The van der Waals surface area contributed by atoms with Crippen molar-refractivity contribution in [2.75, 3.05) is 13.1 Å². The van der Waals surface area contributed by atoms with Crippen molar-refractivity contribution in [1.29, 1.82) is 0 Å². The van der Waals surface area contributed by atoms with Crippen LogP contribution in [0.1, 0.15) is 97.5 Å². The quantitative estimate of drug-likeness (QED) is 0.288. The largest absolute Gasteiger partial charge is 0.461 e. The van der Waals surface area contributed by atoms with Crippen LogP contribution in [0, 0.1) is 40.9 Å². The average Bonchev–Trinajstić information content (AvgIpc) is 3.50. The number of fused-ring (bicyclic) bond motifs is 6. The molecule has 7 nitrogen and oxygen atoms in total. The minimum absolute atomic E-state index is 0.0288. The highest BCUT2D eigenvalue weighted by Gasteiger charge is 2.61. The van der Waals surface area contributed by atoms with Crippen LogP contribution in [-0.2, 0) is 25.6 Å². The van der Waals surface area contributed by atoms with Gasteiger partial charge in [0.15, 0.2) is 0 Å². The van der Waals surface area contributed by atoms with E-state index in [4.69, 9.17) is 19.9 Å². The molecular weight excluding hydrogens is 564 g/mol. The number of piperidine rings is 1. The molecule has 0 unspecified atom stereocenters. The van der Waals surface area contributed by atoms with Crippen molar-refractivity contribution < 1.29 is 23.8 Å². The van der Waals surface area contributed by atoms with Crippen LogP contribution in [0.15, 0.2) is 41.5 Å². The summed E-state index contributed by atoms with van der Waals surface area (Å²) in [6, 6.07) is 10.0. The molecule has 6 aliphatic rings. The number of nitrogens with two attached hydrogens (primary N) is 1. The van der Waals surface area contributed by atoms with E-state index in [2.05, 4.69) is 27.7 Å². The summed E-state index contributed by atoms with van der Waals surface area (Å²) in [7, 11) is 0. The summed E-state index contributed by atoms with van der Waals surface area (Å²) in [5.41, 5.74) is 9.92. The molecule has 3 saturated carbocycles. The standard InChI is InChI=1S/C38H54N2O5/c1-23-16-33-35(40(21-23)36(42)43-22-26-8-6-5-7-9-26)25(3)38(45-33)15-13-29-30-11-10-27-17-28(44-34(41)20-39)12-14-37(27,4)32(30)18-31(29)24(2)19-38/h5-9,23,25,27-30,32-33,35H,10-22,39H2,1-4H3/t23-,25+,27+,28+,29-,30-,32-,33+,35-,37-,38-/m0/s1. The molecule has 1 aromatic rings. The summed E-state index contributed by atoms with van der Waals surface area (Å²) < 4.78 is 18.8. The zero-order valence-corrected chi connectivity index (χ0v) is 27.8. The monoisotopic (exact) mass is 618 g/mol. The highest BCUT2D eigenvalue weighted by Crippen LogP contribution is 2.65. The Bertz CT molecular complexity index is 1310. The van der Waals surface area contributed by atoms with E-state index < -0.39 is 0 Å². The fourth-order valence-corrected chi connectivity index (χ4v) is 11.4. The first kappa shape index (κ1) is 31.2. The number of esters is 1. The lowest BCUT2D eigenvalue weighted by Gasteiger charge is -2.54. The SMILES string of the molecule is CC1=C2C[C@H]3[C@@H](CC[C@@H]4C[C@H](OC(=O)CN)CC[C@@]43C)[C@@H]2CC[C@@]2(C1)O[C@@H]1C[C@H](C)CN(C(=O)OCc3ccccc3)[C@H]1[C@H]2C. The van der Waals surface area contributed by atoms with Gasteiger partial charge in [0, 0.05) is 12.5 Å². The molecule has 1 spiro atoms. The Morgan fingerprint density at radius 3 is 2.64 bits per heavy atom. The lowest BCUT2D eigenvalue weighted by Crippen LogP contribution is -2.54. The van der Waals surface area contributed by atoms with Gasteiger partial charge in [-0.1, -0.05) is 62.2 Å². The normalized spacial score (nSPS) is 42.3. The van der Waals surface area contributed by atoms with Crippen molar-refractivity contribution in [1.82, 2.24) is 4.90 Å². The Morgan fingerprint density at radius 1 is 1.07 bits per heavy atom. The molecular formula is C38H54N2O5. The number of rotatable bonds is 4. The number of carbonyl (C=O) groups excluding carboxylic acids is 2. The Hall–Kier alpha value is -2.38. The predicted molar refractivity (Wildman–Crippen MR) is 173 cm³/mol. The van der Waals surface area contributed by atoms with Crippen LogP contribution >= 0.6 is 0 Å². The number of amides is 1. The third kappa shape index (κ3) is 5.44. The van der Waals surface area contributed by atoms with Gasteiger partial charge < -0.3 is 24.8 Å². The minimum atomic E-state index is -0.264. The Kier molecular flexibility index (Phi) is 8.33. The van der Waals surface area contributed by atoms with E-state index >= 15 is 0 Å². The van der Waals surface area contributed by atoms with Gasteiger partial charge in [0.2, 0.25) is 0 Å². The first-order valence-electron chi connectivity index (χ1n) is 17.8. The van der Waals surface area contributed by atoms with Crippen molar-refractivity contribution >= 4 is 12.1 Å². The van der Waals surface area contributed by atoms with E-state index in [1.165, 1.54) is 25.7 Å². The summed E-state index contributed by atoms with van der Waals surface area (Å²) in [6.45, 7) is 10.5. The second kappa shape index (κ2) is 12.0. The van der Waals surface area contributed by atoms with Gasteiger partial charge in [0.1, 0.15) is 12.7 Å². The Balaban J connectivity index is 1.07. The van der Waals surface area contributed by atoms with E-state index in [1.54, 1.807) is 11.1 Å². The second-order valence-electron chi connectivity index (χ2n) is 16.0. The molecule has 0 aromatic heterocycles. The molecule has 7 heteroatoms. The lowest BCUT2D eigenvalue weighted by molar-refractivity contribution is -0.155. The van der Waals surface area contributed by atoms with Crippen molar-refractivity contribution in [3.63, 3.8) is 0 Å². The van der Waals surface area contributed by atoms with E-state index in [0.717, 1.165) is 56.6 Å². The van der Waals surface area contributed by atoms with Gasteiger partial charge in [0.05, 0.1) is 24.3 Å². The molecule has 0 bridgehead atoms. The van der Waals surface area contributed by atoms with E-state index in [-0.39, 0.29) is 48.4 Å². The molecule has 45 heavy (non-hydrogen) atoms. The second-order valence-corrected chi connectivity index (χ2v) is 16.0. The number of allylic oxidation sites excluding steroid dienone is 1. The molecule has 1 aromatic carbocycles. The van der Waals surface area contributed by atoms with E-state index in [0.29, 0.717) is 35.7 Å². The number of hydrogen-bond acceptors (Lipinski definition) is 6. The molecule has 11 atom stereocenters. The van der Waals surface area contributed by atoms with Crippen LogP contribution in [-0.4, -0.2) is 53.9 Å². The number of benzene rings is 1. The van der Waals surface area contributed by atoms with Gasteiger partial charge in [-0.2, -0.15) is 0 Å². The topological polar surface area (TPSA) is 91.1 Å². The van der Waals surface area contributed by atoms with Crippen LogP contribution in [0.2, 0.25) is 0 Å². The molecule has 2 heterocycles. The number of nitrogens with zero attached hydrogens (tertiary/aromatic N) is 1. The Labute approximate surface area is 269 Å². The first-order valence-corrected chi connectivity index (χ1v) is 17.8. The highest BCUT2D eigenvalue weighted by molar-refractivity contribution is 5.71. The van der Waals surface area contributed by atoms with Crippen LogP contribution in [0.3, 0.4) is 0 Å². The van der Waals surface area contributed by atoms with Gasteiger partial charge in [-0.25, -0.2) is 4.79 Å². The summed E-state index contributed by atoms with van der Waals surface area (Å²) in [4.78, 5) is 27.5. The Morgan fingerprint density at radius 2 is 1.87 bits per heavy atom. The van der Waals surface area contributed by atoms with Crippen LogP contribution in [0.25, 0.3) is 0 Å². The molecule has 1 amide bonds. The number of carbonyl (C=O) groups is 2. The van der Waals surface area contributed by atoms with E-state index in [1.807, 2.05) is 35.2 Å². The smallest absolute Gasteiger partial charge is 0.410 e. The lowest BCUT2D eigenvalue weighted by atomic mass is 9.52. The maximum absolute atomic E-state index is 13.6. The molecule has 2 aliphatic heterocycles. The maximum Gasteiger partial charge on any atom is 0.410 e. The van der Waals surface area contributed by atoms with Crippen LogP contribution < -0.4 is 5.73 Å². The third-order valence-corrected chi connectivity index (χ3v) is 13.6. The number of hydrogen-bond donors (Lipinski definition) is 1. The zero-order chi connectivity index (χ0) is 31.5. The minimum Gasteiger partial charge on any atom is -0.461 e. The average molecular weight is 619 g/mol. The van der Waals surface area contributed by atoms with Crippen molar-refractivity contribution in [2.24, 2.45) is 46.7 Å². The highest BCUT2D eigenvalue weighted by atomic mass is 16.6. The third-order valence-electron chi connectivity index (χ3n) is 13.6. The molecule has 4 aliphatic carbocycles. The van der Waals surface area contributed by atoms with E-state index in [9.17, 15) is 9.59 Å². The first-order chi connectivity index (χ1) is 21.6. The van der Waals surface area contributed by atoms with Gasteiger partial charge in [-0.3, -0.25) is 4.79 Å². The molecule has 2 saturated heterocycles. The van der Waals surface area contributed by atoms with Gasteiger partial charge in [0.25, 0.3) is 0 Å². The van der Waals surface area contributed by atoms with Gasteiger partial charge >= 0.3 is 12.1 Å². The maximum atomic E-state index is 13.6. The molecule has 5 fully saturated rings. The molecule has 0 radical (unpaired) electrons. The van der Waals surface area contributed by atoms with Crippen molar-refractivity contribution in [3.8, 4) is 0 Å².